The molecule has 1 amide bonds. The second-order valence-corrected chi connectivity index (χ2v) is 4.75. The molecule has 0 aromatic carbocycles. The van der Waals surface area contributed by atoms with Crippen molar-refractivity contribution in [1.82, 2.24) is 10.6 Å². The number of carbonyl (C=O) groups excluding carboxylic acids is 2. The normalized spacial score (nSPS) is 19.4. The molecule has 0 aliphatic carbocycles. The van der Waals surface area contributed by atoms with E-state index in [1.54, 1.807) is 0 Å². The molecule has 3 N–H and O–H groups in total. The third-order valence-corrected chi connectivity index (χ3v) is 2.99. The highest BCUT2D eigenvalue weighted by molar-refractivity contribution is 5.76. The summed E-state index contributed by atoms with van der Waals surface area (Å²) in [5.41, 5.74) is 0. The minimum Gasteiger partial charge on any atom is -0.483 e. The Bertz CT molecular complexity index is 271. The maximum atomic E-state index is 11.4. The number of hydrogen-bond donors (Lipinski definition) is 3. The van der Waals surface area contributed by atoms with Gasteiger partial charge >= 0.3 is 5.97 Å². The quantitative estimate of drug-likeness (QED) is 0.456. The molecule has 0 radical (unpaired) electrons. The predicted octanol–water partition coefficient (Wildman–Crippen LogP) is 1.03. The molecular weight excluding hydrogens is 276 g/mol. The van der Waals surface area contributed by atoms with E-state index < -0.39 is 0 Å². The second kappa shape index (κ2) is 14.8. The molecule has 0 aromatic heterocycles. The largest absolute Gasteiger partial charge is 0.483 e. The molecule has 122 valence electrons. The van der Waals surface area contributed by atoms with Crippen molar-refractivity contribution < 1.29 is 24.2 Å². The van der Waals surface area contributed by atoms with E-state index in [9.17, 15) is 9.59 Å². The molecule has 1 fully saturated rings. The van der Waals surface area contributed by atoms with Gasteiger partial charge in [-0.2, -0.15) is 0 Å². The third-order valence-electron chi connectivity index (χ3n) is 2.99. The molecule has 0 atom stereocenters. The van der Waals surface area contributed by atoms with Crippen LogP contribution in [0.25, 0.3) is 0 Å². The second-order valence-electron chi connectivity index (χ2n) is 4.75. The number of esters is 1. The molecule has 0 aromatic rings. The van der Waals surface area contributed by atoms with E-state index in [-0.39, 0.29) is 24.9 Å². The van der Waals surface area contributed by atoms with Crippen LogP contribution in [0.5, 0.6) is 0 Å². The zero-order valence-corrected chi connectivity index (χ0v) is 12.4. The van der Waals surface area contributed by atoms with Gasteiger partial charge in [0.2, 0.25) is 5.91 Å². The Kier molecular flexibility index (Phi) is 13.6. The number of hydrogen-bond acceptors (Lipinski definition) is 5. The number of cyclic esters (lactones) is 1. The van der Waals surface area contributed by atoms with Crippen LogP contribution < -0.4 is 10.6 Å². The van der Waals surface area contributed by atoms with Crippen molar-refractivity contribution in [2.24, 2.45) is 0 Å². The summed E-state index contributed by atoms with van der Waals surface area (Å²) >= 11 is 0. The van der Waals surface area contributed by atoms with Gasteiger partial charge in [-0.1, -0.05) is 32.1 Å². The number of nitrogens with one attached hydrogen (secondary N) is 2. The molecule has 0 spiro atoms. The first-order valence-electron chi connectivity index (χ1n) is 7.41. The SMILES string of the molecule is O=C1CCCCCCCCCOC(=O)CNCN1.O=CO. The summed E-state index contributed by atoms with van der Waals surface area (Å²) in [6.45, 7) is 0.737. The van der Waals surface area contributed by atoms with Crippen LogP contribution in [-0.4, -0.2) is 43.3 Å². The first-order chi connectivity index (χ1) is 10.2. The number of ether oxygens (including phenoxy) is 1. The first-order valence-corrected chi connectivity index (χ1v) is 7.41. The van der Waals surface area contributed by atoms with E-state index in [1.165, 1.54) is 19.3 Å². The van der Waals surface area contributed by atoms with Gasteiger partial charge in [0.15, 0.2) is 0 Å². The summed E-state index contributed by atoms with van der Waals surface area (Å²) in [6, 6.07) is 0. The summed E-state index contributed by atoms with van der Waals surface area (Å²) in [5, 5.41) is 12.5. The molecule has 0 bridgehead atoms. The Morgan fingerprint density at radius 3 is 2.24 bits per heavy atom. The van der Waals surface area contributed by atoms with E-state index >= 15 is 0 Å². The van der Waals surface area contributed by atoms with E-state index in [2.05, 4.69) is 10.6 Å². The predicted molar refractivity (Wildman–Crippen MR) is 77.6 cm³/mol. The number of carboxylic acid groups (broad SMARTS) is 1. The average Bonchev–Trinajstić information content (AvgIpc) is 2.45. The Labute approximate surface area is 125 Å². The van der Waals surface area contributed by atoms with Crippen LogP contribution in [0.1, 0.15) is 51.4 Å². The number of rotatable bonds is 0. The van der Waals surface area contributed by atoms with Gasteiger partial charge < -0.3 is 15.2 Å². The van der Waals surface area contributed by atoms with E-state index in [4.69, 9.17) is 14.6 Å². The fourth-order valence-corrected chi connectivity index (χ4v) is 1.92. The zero-order chi connectivity index (χ0) is 15.8. The van der Waals surface area contributed by atoms with E-state index in [0.29, 0.717) is 19.7 Å². The van der Waals surface area contributed by atoms with Gasteiger partial charge in [0, 0.05) is 6.42 Å². The molecule has 1 aliphatic heterocycles. The van der Waals surface area contributed by atoms with Gasteiger partial charge in [-0.05, 0) is 12.8 Å². The molecule has 7 heteroatoms. The first kappa shape index (κ1) is 19.4. The Hall–Kier alpha value is -1.63. The van der Waals surface area contributed by atoms with Gasteiger partial charge in [-0.25, -0.2) is 0 Å². The van der Waals surface area contributed by atoms with Gasteiger partial charge in [0.05, 0.1) is 19.8 Å². The van der Waals surface area contributed by atoms with Crippen LogP contribution in [-0.2, 0) is 19.1 Å². The summed E-state index contributed by atoms with van der Waals surface area (Å²) < 4.78 is 5.06. The highest BCUT2D eigenvalue weighted by Crippen LogP contribution is 2.08. The van der Waals surface area contributed by atoms with Crippen LogP contribution in [0, 0.1) is 0 Å². The smallest absolute Gasteiger partial charge is 0.319 e. The van der Waals surface area contributed by atoms with Crippen LogP contribution in [0.15, 0.2) is 0 Å². The number of carbonyl (C=O) groups is 3. The minimum atomic E-state index is -0.253. The lowest BCUT2D eigenvalue weighted by Crippen LogP contribution is -2.36. The molecule has 1 rings (SSSR count). The van der Waals surface area contributed by atoms with Gasteiger partial charge in [0.1, 0.15) is 0 Å². The maximum Gasteiger partial charge on any atom is 0.319 e. The standard InChI is InChI=1S/C13H24N2O3.CH2O2/c16-12-8-6-4-2-1-3-5-7-9-18-13(17)10-14-11-15-12;2-1-3/h14H,1-11H2,(H,15,16);1H,(H,2,3). The van der Waals surface area contributed by atoms with Crippen LogP contribution in [0.2, 0.25) is 0 Å². The average molecular weight is 302 g/mol. The van der Waals surface area contributed by atoms with Gasteiger partial charge in [-0.3, -0.25) is 19.7 Å². The molecule has 1 aliphatic rings. The fourth-order valence-electron chi connectivity index (χ4n) is 1.92. The summed E-state index contributed by atoms with van der Waals surface area (Å²) in [7, 11) is 0. The summed E-state index contributed by atoms with van der Waals surface area (Å²) in [5.74, 6) is -0.209. The van der Waals surface area contributed by atoms with Crippen molar-refractivity contribution in [3.8, 4) is 0 Å². The van der Waals surface area contributed by atoms with Crippen molar-refractivity contribution >= 4 is 18.3 Å². The van der Waals surface area contributed by atoms with Gasteiger partial charge in [-0.15, -0.1) is 0 Å². The molecule has 0 saturated carbocycles. The van der Waals surface area contributed by atoms with Crippen molar-refractivity contribution in [1.29, 1.82) is 0 Å². The molecule has 21 heavy (non-hydrogen) atoms. The van der Waals surface area contributed by atoms with E-state index in [1.807, 2.05) is 0 Å². The topological polar surface area (TPSA) is 105 Å². The molecule has 1 heterocycles. The lowest BCUT2D eigenvalue weighted by molar-refractivity contribution is -0.142. The fraction of sp³-hybridized carbons (Fsp3) is 0.786. The lowest BCUT2D eigenvalue weighted by Gasteiger charge is -2.09. The summed E-state index contributed by atoms with van der Waals surface area (Å²) in [6.07, 6.45) is 8.28. The number of amides is 1. The van der Waals surface area contributed by atoms with Gasteiger partial charge in [0.25, 0.3) is 6.47 Å². The van der Waals surface area contributed by atoms with Crippen LogP contribution >= 0.6 is 0 Å². The highest BCUT2D eigenvalue weighted by atomic mass is 16.5. The Balaban J connectivity index is 0.00000122. The van der Waals surface area contributed by atoms with E-state index in [0.717, 1.165) is 25.7 Å². The Morgan fingerprint density at radius 1 is 1.00 bits per heavy atom. The third kappa shape index (κ3) is 14.6. The van der Waals surface area contributed by atoms with Crippen LogP contribution in [0.3, 0.4) is 0 Å². The van der Waals surface area contributed by atoms with Crippen molar-refractivity contribution in [2.45, 2.75) is 51.4 Å². The highest BCUT2D eigenvalue weighted by Gasteiger charge is 2.04. The Morgan fingerprint density at radius 2 is 1.57 bits per heavy atom. The van der Waals surface area contributed by atoms with Crippen molar-refractivity contribution in [3.63, 3.8) is 0 Å². The molecular formula is C14H26N2O5. The summed E-state index contributed by atoms with van der Waals surface area (Å²) in [4.78, 5) is 31.0. The minimum absolute atomic E-state index is 0.0444. The maximum absolute atomic E-state index is 11.4. The van der Waals surface area contributed by atoms with Crippen molar-refractivity contribution in [2.75, 3.05) is 19.8 Å². The van der Waals surface area contributed by atoms with Crippen molar-refractivity contribution in [3.05, 3.63) is 0 Å². The monoisotopic (exact) mass is 302 g/mol. The molecule has 1 saturated heterocycles. The molecule has 0 unspecified atom stereocenters. The molecule has 7 nitrogen and oxygen atoms in total. The van der Waals surface area contributed by atoms with Crippen LogP contribution in [0.4, 0.5) is 0 Å². The zero-order valence-electron chi connectivity index (χ0n) is 12.4. The lowest BCUT2D eigenvalue weighted by atomic mass is 10.1.